The van der Waals surface area contributed by atoms with Crippen LogP contribution in [0.25, 0.3) is 0 Å². The van der Waals surface area contributed by atoms with Gasteiger partial charge in [-0.3, -0.25) is 25.2 Å². The first-order chi connectivity index (χ1) is 9.97. The van der Waals surface area contributed by atoms with Crippen molar-refractivity contribution in [1.82, 2.24) is 10.9 Å². The van der Waals surface area contributed by atoms with E-state index in [9.17, 15) is 14.4 Å². The second-order valence-corrected chi connectivity index (χ2v) is 5.06. The van der Waals surface area contributed by atoms with Crippen LogP contribution in [0.2, 0.25) is 0 Å². The highest BCUT2D eigenvalue weighted by Gasteiger charge is 2.32. The van der Waals surface area contributed by atoms with Gasteiger partial charge in [0, 0.05) is 31.9 Å². The number of anilines is 2. The van der Waals surface area contributed by atoms with Gasteiger partial charge in [-0.2, -0.15) is 0 Å². The summed E-state index contributed by atoms with van der Waals surface area (Å²) >= 11 is 0. The van der Waals surface area contributed by atoms with E-state index in [2.05, 4.69) is 16.2 Å². The first-order valence-corrected chi connectivity index (χ1v) is 6.64. The Morgan fingerprint density at radius 2 is 1.71 bits per heavy atom. The Morgan fingerprint density at radius 3 is 2.24 bits per heavy atom. The molecule has 0 aromatic heterocycles. The minimum Gasteiger partial charge on any atom is -0.378 e. The summed E-state index contributed by atoms with van der Waals surface area (Å²) in [5.41, 5.74) is 6.19. The zero-order valence-electron chi connectivity index (χ0n) is 12.0. The molecule has 0 bridgehead atoms. The normalized spacial score (nSPS) is 14.6. The van der Waals surface area contributed by atoms with Crippen LogP contribution in [0.15, 0.2) is 24.3 Å². The van der Waals surface area contributed by atoms with Gasteiger partial charge in [0.15, 0.2) is 0 Å². The first-order valence-electron chi connectivity index (χ1n) is 6.64. The quantitative estimate of drug-likeness (QED) is 0.678. The number of benzene rings is 1. The molecule has 7 nitrogen and oxygen atoms in total. The molecule has 1 aromatic carbocycles. The Bertz CT molecular complexity index is 538. The van der Waals surface area contributed by atoms with Crippen LogP contribution < -0.4 is 21.1 Å². The van der Waals surface area contributed by atoms with Gasteiger partial charge < -0.3 is 10.2 Å². The van der Waals surface area contributed by atoms with E-state index < -0.39 is 5.92 Å². The topological polar surface area (TPSA) is 90.5 Å². The maximum absolute atomic E-state index is 11.8. The van der Waals surface area contributed by atoms with Crippen molar-refractivity contribution in [1.29, 1.82) is 0 Å². The van der Waals surface area contributed by atoms with E-state index in [-0.39, 0.29) is 30.6 Å². The Hall–Kier alpha value is -2.57. The molecule has 0 saturated carbocycles. The summed E-state index contributed by atoms with van der Waals surface area (Å²) in [4.78, 5) is 36.4. The van der Waals surface area contributed by atoms with E-state index >= 15 is 0 Å². The highest BCUT2D eigenvalue weighted by Crippen LogP contribution is 2.17. The lowest BCUT2D eigenvalue weighted by Gasteiger charge is -2.13. The van der Waals surface area contributed by atoms with E-state index in [4.69, 9.17) is 0 Å². The lowest BCUT2D eigenvalue weighted by molar-refractivity contribution is -0.128. The van der Waals surface area contributed by atoms with Gasteiger partial charge in [0.2, 0.25) is 5.91 Å². The van der Waals surface area contributed by atoms with Gasteiger partial charge >= 0.3 is 0 Å². The Labute approximate surface area is 122 Å². The smallest absolute Gasteiger partial charge is 0.251 e. The number of rotatable bonds is 5. The summed E-state index contributed by atoms with van der Waals surface area (Å²) in [6, 6.07) is 7.41. The monoisotopic (exact) mass is 290 g/mol. The van der Waals surface area contributed by atoms with E-state index in [1.807, 2.05) is 43.3 Å². The predicted octanol–water partition coefficient (Wildman–Crippen LogP) is 0.248. The largest absolute Gasteiger partial charge is 0.378 e. The number of hydrogen-bond acceptors (Lipinski definition) is 4. The molecule has 3 amide bonds. The zero-order valence-corrected chi connectivity index (χ0v) is 12.0. The van der Waals surface area contributed by atoms with Gasteiger partial charge in [-0.1, -0.05) is 0 Å². The third kappa shape index (κ3) is 3.71. The maximum Gasteiger partial charge on any atom is 0.251 e. The molecule has 3 N–H and O–H groups in total. The van der Waals surface area contributed by atoms with Crippen LogP contribution in [-0.4, -0.2) is 31.8 Å². The number of carbonyl (C=O) groups excluding carboxylic acids is 3. The van der Waals surface area contributed by atoms with Crippen molar-refractivity contribution in [3.05, 3.63) is 24.3 Å². The van der Waals surface area contributed by atoms with Crippen molar-refractivity contribution in [3.63, 3.8) is 0 Å². The number of amides is 3. The van der Waals surface area contributed by atoms with Crippen LogP contribution in [0.3, 0.4) is 0 Å². The van der Waals surface area contributed by atoms with Gasteiger partial charge in [-0.15, -0.1) is 0 Å². The van der Waals surface area contributed by atoms with Gasteiger partial charge in [-0.25, -0.2) is 0 Å². The molecule has 7 heteroatoms. The molecule has 1 heterocycles. The molecular weight excluding hydrogens is 272 g/mol. The van der Waals surface area contributed by atoms with Crippen LogP contribution in [0.5, 0.6) is 0 Å². The lowest BCUT2D eigenvalue weighted by Crippen LogP contribution is -2.28. The predicted molar refractivity (Wildman–Crippen MR) is 78.4 cm³/mol. The third-order valence-electron chi connectivity index (χ3n) is 3.27. The van der Waals surface area contributed by atoms with Crippen LogP contribution in [0.4, 0.5) is 11.4 Å². The molecule has 21 heavy (non-hydrogen) atoms. The van der Waals surface area contributed by atoms with E-state index in [1.165, 1.54) is 0 Å². The minimum atomic E-state index is -0.785. The summed E-state index contributed by atoms with van der Waals surface area (Å²) in [5, 5.41) is 2.74. The summed E-state index contributed by atoms with van der Waals surface area (Å²) < 4.78 is 0. The highest BCUT2D eigenvalue weighted by molar-refractivity contribution is 6.05. The van der Waals surface area contributed by atoms with Crippen molar-refractivity contribution < 1.29 is 14.4 Å². The van der Waals surface area contributed by atoms with Crippen molar-refractivity contribution >= 4 is 29.1 Å². The Morgan fingerprint density at radius 1 is 1.14 bits per heavy atom. The summed E-state index contributed by atoms with van der Waals surface area (Å²) in [7, 11) is 3.87. The maximum atomic E-state index is 11.8. The van der Waals surface area contributed by atoms with Crippen molar-refractivity contribution in [3.8, 4) is 0 Å². The molecule has 1 aliphatic heterocycles. The summed E-state index contributed by atoms with van der Waals surface area (Å²) in [6.45, 7) is 0. The Balaban J connectivity index is 1.84. The molecular formula is C14H18N4O3. The van der Waals surface area contributed by atoms with Crippen LogP contribution >= 0.6 is 0 Å². The van der Waals surface area contributed by atoms with Gasteiger partial charge in [0.25, 0.3) is 11.8 Å². The zero-order chi connectivity index (χ0) is 15.4. The third-order valence-corrected chi connectivity index (χ3v) is 3.27. The van der Waals surface area contributed by atoms with E-state index in [1.54, 1.807) is 0 Å². The fourth-order valence-electron chi connectivity index (χ4n) is 2.02. The van der Waals surface area contributed by atoms with Crippen LogP contribution in [-0.2, 0) is 14.4 Å². The standard InChI is InChI=1S/C14H18N4O3/c1-18(2)10-5-3-9(4-6-10)15-12(19)8-7-11-13(20)16-17-14(11)21/h3-6,11H,7-8H2,1-2H3,(H,15,19)(H,16,20)(H,17,21). The van der Waals surface area contributed by atoms with Crippen LogP contribution in [0, 0.1) is 5.92 Å². The molecule has 1 saturated heterocycles. The first kappa shape index (κ1) is 14.8. The molecule has 0 aliphatic carbocycles. The average Bonchev–Trinajstić information content (AvgIpc) is 2.76. The molecule has 1 aromatic rings. The number of carbonyl (C=O) groups is 3. The average molecular weight is 290 g/mol. The number of nitrogens with zero attached hydrogens (tertiary/aromatic N) is 1. The summed E-state index contributed by atoms with van der Waals surface area (Å²) in [6.07, 6.45) is 0.306. The van der Waals surface area contributed by atoms with Crippen LogP contribution in [0.1, 0.15) is 12.8 Å². The fraction of sp³-hybridized carbons (Fsp3) is 0.357. The highest BCUT2D eigenvalue weighted by atomic mass is 16.2. The second-order valence-electron chi connectivity index (χ2n) is 5.06. The van der Waals surface area contributed by atoms with Crippen molar-refractivity contribution in [2.75, 3.05) is 24.3 Å². The second kappa shape index (κ2) is 6.25. The van der Waals surface area contributed by atoms with Crippen molar-refractivity contribution in [2.45, 2.75) is 12.8 Å². The molecule has 1 aliphatic rings. The molecule has 0 radical (unpaired) electrons. The fourth-order valence-corrected chi connectivity index (χ4v) is 2.02. The molecule has 0 spiro atoms. The molecule has 1 fully saturated rings. The van der Waals surface area contributed by atoms with Gasteiger partial charge in [-0.05, 0) is 30.7 Å². The number of hydrazine groups is 1. The molecule has 112 valence electrons. The summed E-state index contributed by atoms with van der Waals surface area (Å²) in [5.74, 6) is -1.78. The SMILES string of the molecule is CN(C)c1ccc(NC(=O)CCC2C(=O)NNC2=O)cc1. The van der Waals surface area contributed by atoms with Gasteiger partial charge in [0.05, 0.1) is 0 Å². The number of nitrogens with one attached hydrogen (secondary N) is 3. The van der Waals surface area contributed by atoms with E-state index in [0.717, 1.165) is 5.69 Å². The Kier molecular flexibility index (Phi) is 4.42. The molecule has 2 rings (SSSR count). The number of hydrogen-bond donors (Lipinski definition) is 3. The lowest BCUT2D eigenvalue weighted by atomic mass is 10.0. The minimum absolute atomic E-state index is 0.112. The van der Waals surface area contributed by atoms with E-state index in [0.29, 0.717) is 5.69 Å². The van der Waals surface area contributed by atoms with Gasteiger partial charge in [0.1, 0.15) is 5.92 Å². The van der Waals surface area contributed by atoms with Crippen molar-refractivity contribution in [2.24, 2.45) is 5.92 Å². The molecule has 0 unspecified atom stereocenters. The molecule has 0 atom stereocenters.